The standard InChI is InChI=1S/C33H49N5O6/c1-22(44-33(2,3)4)28(38-32(42)43-21-24-13-9-6-10-14-24)31(41)37-27(19-23-11-7-5-8-12-23)30(40)36-26(15-17-34)20-25-16-18-35-29(25)39/h6,9-10,13-14,22-23,25-28H,5,7-8,11-12,15-16,18-21H2,1-4H3,(H,35,39)(H,36,40)(H,37,41)(H,38,42)/t22-,25+,26-,27+,28+/m1/s1. The van der Waals surface area contributed by atoms with E-state index in [4.69, 9.17) is 9.47 Å². The number of nitrogens with zero attached hydrogens (tertiary/aromatic N) is 1. The minimum Gasteiger partial charge on any atom is -0.445 e. The van der Waals surface area contributed by atoms with Crippen LogP contribution in [0.4, 0.5) is 4.79 Å². The first-order chi connectivity index (χ1) is 20.9. The van der Waals surface area contributed by atoms with Gasteiger partial charge in [0.1, 0.15) is 18.7 Å². The SMILES string of the molecule is C[C@@H](OC(C)(C)C)[C@H](NC(=O)OCc1ccccc1)C(=O)N[C@@H](CC1CCCCC1)C(=O)N[C@H](CC#N)C[C@@H]1CCNC1=O. The number of amides is 4. The Morgan fingerprint density at radius 3 is 2.32 bits per heavy atom. The van der Waals surface area contributed by atoms with Gasteiger partial charge in [-0.2, -0.15) is 5.26 Å². The summed E-state index contributed by atoms with van der Waals surface area (Å²) in [6.07, 6.45) is 5.15. The summed E-state index contributed by atoms with van der Waals surface area (Å²) in [5.74, 6) is -1.07. The fourth-order valence-electron chi connectivity index (χ4n) is 5.98. The van der Waals surface area contributed by atoms with E-state index in [-0.39, 0.29) is 30.8 Å². The number of benzene rings is 1. The molecule has 1 aliphatic carbocycles. The number of rotatable bonds is 14. The van der Waals surface area contributed by atoms with Crippen LogP contribution in [0.1, 0.15) is 91.0 Å². The molecule has 5 atom stereocenters. The van der Waals surface area contributed by atoms with E-state index in [0.717, 1.165) is 37.7 Å². The lowest BCUT2D eigenvalue weighted by molar-refractivity contribution is -0.135. The highest BCUT2D eigenvalue weighted by Crippen LogP contribution is 2.28. The summed E-state index contributed by atoms with van der Waals surface area (Å²) in [4.78, 5) is 52.5. The second kappa shape index (κ2) is 17.0. The van der Waals surface area contributed by atoms with Crippen LogP contribution in [0.2, 0.25) is 0 Å². The number of nitrogens with one attached hydrogen (secondary N) is 4. The zero-order valence-electron chi connectivity index (χ0n) is 26.5. The van der Waals surface area contributed by atoms with Crippen LogP contribution in [0.25, 0.3) is 0 Å². The molecule has 11 heteroatoms. The maximum Gasteiger partial charge on any atom is 0.408 e. The van der Waals surface area contributed by atoms with Crippen molar-refractivity contribution in [2.45, 2.75) is 122 Å². The minimum atomic E-state index is -1.14. The van der Waals surface area contributed by atoms with E-state index < -0.39 is 47.7 Å². The van der Waals surface area contributed by atoms with Crippen LogP contribution in [0.3, 0.4) is 0 Å². The summed E-state index contributed by atoms with van der Waals surface area (Å²) in [7, 11) is 0. The van der Waals surface area contributed by atoms with Gasteiger partial charge in [-0.25, -0.2) is 4.79 Å². The van der Waals surface area contributed by atoms with Crippen molar-refractivity contribution in [3.63, 3.8) is 0 Å². The Bertz CT molecular complexity index is 1140. The number of alkyl carbamates (subject to hydrolysis) is 1. The van der Waals surface area contributed by atoms with Crippen molar-refractivity contribution >= 4 is 23.8 Å². The minimum absolute atomic E-state index is 0.0293. The van der Waals surface area contributed by atoms with Gasteiger partial charge in [0.25, 0.3) is 0 Å². The zero-order chi connectivity index (χ0) is 32.1. The molecule has 0 bridgehead atoms. The van der Waals surface area contributed by atoms with Crippen LogP contribution in [0.15, 0.2) is 30.3 Å². The second-order valence-electron chi connectivity index (χ2n) is 13.0. The summed E-state index contributed by atoms with van der Waals surface area (Å²) in [5.41, 5.74) is 0.192. The first kappa shape index (κ1) is 34.8. The largest absolute Gasteiger partial charge is 0.445 e. The number of ether oxygens (including phenoxy) is 2. The summed E-state index contributed by atoms with van der Waals surface area (Å²) >= 11 is 0. The Labute approximate surface area is 261 Å². The molecular weight excluding hydrogens is 562 g/mol. The van der Waals surface area contributed by atoms with E-state index in [2.05, 4.69) is 27.3 Å². The molecule has 1 aliphatic heterocycles. The highest BCUT2D eigenvalue weighted by molar-refractivity contribution is 5.92. The molecule has 4 N–H and O–H groups in total. The van der Waals surface area contributed by atoms with E-state index in [0.29, 0.717) is 25.8 Å². The van der Waals surface area contributed by atoms with Crippen molar-refractivity contribution in [1.82, 2.24) is 21.3 Å². The van der Waals surface area contributed by atoms with Crippen LogP contribution in [0.5, 0.6) is 0 Å². The zero-order valence-corrected chi connectivity index (χ0v) is 26.5. The molecule has 0 spiro atoms. The van der Waals surface area contributed by atoms with E-state index in [1.54, 1.807) is 6.92 Å². The fraction of sp³-hybridized carbons (Fsp3) is 0.667. The maximum atomic E-state index is 13.8. The predicted molar refractivity (Wildman–Crippen MR) is 165 cm³/mol. The number of nitriles is 1. The van der Waals surface area contributed by atoms with Crippen LogP contribution in [-0.4, -0.2) is 60.2 Å². The molecule has 1 aromatic rings. The van der Waals surface area contributed by atoms with E-state index in [1.165, 1.54) is 0 Å². The van der Waals surface area contributed by atoms with Gasteiger partial charge in [0.05, 0.1) is 24.2 Å². The van der Waals surface area contributed by atoms with Crippen molar-refractivity contribution < 1.29 is 28.7 Å². The highest BCUT2D eigenvalue weighted by Gasteiger charge is 2.36. The molecule has 1 heterocycles. The smallest absolute Gasteiger partial charge is 0.408 e. The molecule has 2 fully saturated rings. The Hall–Kier alpha value is -3.65. The van der Waals surface area contributed by atoms with E-state index in [1.807, 2.05) is 51.1 Å². The van der Waals surface area contributed by atoms with Crippen LogP contribution < -0.4 is 21.3 Å². The fourth-order valence-corrected chi connectivity index (χ4v) is 5.98. The number of carbonyl (C=O) groups is 4. The van der Waals surface area contributed by atoms with Crippen LogP contribution in [0, 0.1) is 23.2 Å². The number of hydrogen-bond donors (Lipinski definition) is 4. The molecule has 0 unspecified atom stereocenters. The van der Waals surface area contributed by atoms with Gasteiger partial charge in [0, 0.05) is 18.5 Å². The molecule has 0 radical (unpaired) electrons. The first-order valence-corrected chi connectivity index (χ1v) is 15.9. The lowest BCUT2D eigenvalue weighted by Crippen LogP contribution is -2.59. The van der Waals surface area contributed by atoms with Crippen molar-refractivity contribution in [3.05, 3.63) is 35.9 Å². The summed E-state index contributed by atoms with van der Waals surface area (Å²) in [6.45, 7) is 7.86. The van der Waals surface area contributed by atoms with E-state index in [9.17, 15) is 24.4 Å². The van der Waals surface area contributed by atoms with Gasteiger partial charge in [0.15, 0.2) is 0 Å². The lowest BCUT2D eigenvalue weighted by Gasteiger charge is -2.32. The van der Waals surface area contributed by atoms with Gasteiger partial charge in [0.2, 0.25) is 17.7 Å². The highest BCUT2D eigenvalue weighted by atomic mass is 16.6. The molecular formula is C33H49N5O6. The monoisotopic (exact) mass is 611 g/mol. The normalized spacial score (nSPS) is 19.9. The van der Waals surface area contributed by atoms with Crippen LogP contribution >= 0.6 is 0 Å². The molecule has 2 aliphatic rings. The molecule has 11 nitrogen and oxygen atoms in total. The third-order valence-electron chi connectivity index (χ3n) is 8.12. The average molecular weight is 612 g/mol. The van der Waals surface area contributed by atoms with Gasteiger partial charge in [-0.15, -0.1) is 0 Å². The quantitative estimate of drug-likeness (QED) is 0.249. The summed E-state index contributed by atoms with van der Waals surface area (Å²) < 4.78 is 11.4. The summed E-state index contributed by atoms with van der Waals surface area (Å²) in [5, 5.41) is 20.7. The third kappa shape index (κ3) is 11.8. The van der Waals surface area contributed by atoms with Gasteiger partial charge < -0.3 is 30.7 Å². The van der Waals surface area contributed by atoms with Crippen LogP contribution in [-0.2, 0) is 30.5 Å². The number of hydrogen-bond acceptors (Lipinski definition) is 7. The molecule has 1 saturated carbocycles. The van der Waals surface area contributed by atoms with E-state index >= 15 is 0 Å². The topological polar surface area (TPSA) is 159 Å². The van der Waals surface area contributed by atoms with Crippen molar-refractivity contribution in [2.75, 3.05) is 6.54 Å². The van der Waals surface area contributed by atoms with Gasteiger partial charge in [-0.05, 0) is 58.4 Å². The molecule has 3 rings (SSSR count). The first-order valence-electron chi connectivity index (χ1n) is 15.9. The Kier molecular flexibility index (Phi) is 13.5. The van der Waals surface area contributed by atoms with Gasteiger partial charge in [-0.3, -0.25) is 14.4 Å². The van der Waals surface area contributed by atoms with Crippen molar-refractivity contribution in [3.8, 4) is 6.07 Å². The number of carbonyl (C=O) groups excluding carboxylic acids is 4. The molecule has 0 aromatic heterocycles. The Morgan fingerprint density at radius 2 is 1.70 bits per heavy atom. The predicted octanol–water partition coefficient (Wildman–Crippen LogP) is 3.86. The van der Waals surface area contributed by atoms with Gasteiger partial charge >= 0.3 is 6.09 Å². The third-order valence-corrected chi connectivity index (χ3v) is 8.12. The second-order valence-corrected chi connectivity index (χ2v) is 13.0. The molecule has 1 aromatic carbocycles. The van der Waals surface area contributed by atoms with Gasteiger partial charge in [-0.1, -0.05) is 62.4 Å². The Morgan fingerprint density at radius 1 is 1.00 bits per heavy atom. The molecule has 242 valence electrons. The van der Waals surface area contributed by atoms with Crippen molar-refractivity contribution in [2.24, 2.45) is 11.8 Å². The molecule has 44 heavy (non-hydrogen) atoms. The lowest BCUT2D eigenvalue weighted by atomic mass is 9.84. The maximum absolute atomic E-state index is 13.8. The molecule has 4 amide bonds. The molecule has 1 saturated heterocycles. The summed E-state index contributed by atoms with van der Waals surface area (Å²) in [6, 6.07) is 8.75. The van der Waals surface area contributed by atoms with Crippen molar-refractivity contribution in [1.29, 1.82) is 5.26 Å². The Balaban J connectivity index is 1.75. The average Bonchev–Trinajstić information content (AvgIpc) is 3.38.